The second-order valence-electron chi connectivity index (χ2n) is 11.5. The number of alkyl halides is 1. The van der Waals surface area contributed by atoms with Gasteiger partial charge in [0.05, 0.1) is 17.4 Å². The van der Waals surface area contributed by atoms with Crippen LogP contribution in [0.2, 0.25) is 0 Å². The van der Waals surface area contributed by atoms with Gasteiger partial charge in [0.15, 0.2) is 0 Å². The molecule has 2 fully saturated rings. The quantitative estimate of drug-likeness (QED) is 0.194. The molecule has 2 aliphatic carbocycles. The van der Waals surface area contributed by atoms with Crippen molar-refractivity contribution in [2.24, 2.45) is 23.2 Å². The van der Waals surface area contributed by atoms with E-state index in [0.717, 1.165) is 6.42 Å². The third-order valence-corrected chi connectivity index (χ3v) is 7.70. The van der Waals surface area contributed by atoms with Crippen molar-refractivity contribution in [2.75, 3.05) is 13.2 Å². The number of Topliss-reactive ketones (excluding diaryl/α,β-unsaturated/α-hetero) is 3. The Morgan fingerprint density at radius 2 is 1.48 bits per heavy atom. The molecule has 0 radical (unpaired) electrons. The Bertz CT molecular complexity index is 817. The van der Waals surface area contributed by atoms with Gasteiger partial charge in [0.25, 0.3) is 0 Å². The number of ether oxygens (including phenoxy) is 2. The van der Waals surface area contributed by atoms with E-state index in [1.165, 1.54) is 6.92 Å². The van der Waals surface area contributed by atoms with Gasteiger partial charge in [-0.15, -0.1) is 0 Å². The summed E-state index contributed by atoms with van der Waals surface area (Å²) in [6.07, 6.45) is 2.90. The van der Waals surface area contributed by atoms with Gasteiger partial charge in [-0.2, -0.15) is 0 Å². The first-order valence-corrected chi connectivity index (χ1v) is 13.6. The van der Waals surface area contributed by atoms with E-state index in [1.54, 1.807) is 20.8 Å². The summed E-state index contributed by atoms with van der Waals surface area (Å²) in [4.78, 5) is 54.6. The topological polar surface area (TPSA) is 124 Å². The van der Waals surface area contributed by atoms with E-state index in [1.807, 2.05) is 34.6 Å². The zero-order valence-electron chi connectivity index (χ0n) is 24.8. The Labute approximate surface area is 242 Å². The van der Waals surface area contributed by atoms with Crippen molar-refractivity contribution >= 4 is 29.3 Å². The van der Waals surface area contributed by atoms with Crippen LogP contribution in [0.15, 0.2) is 0 Å². The summed E-state index contributed by atoms with van der Waals surface area (Å²) >= 11 is 0. The van der Waals surface area contributed by atoms with E-state index in [-0.39, 0.29) is 82.0 Å². The van der Waals surface area contributed by atoms with Crippen LogP contribution in [-0.2, 0) is 33.4 Å². The van der Waals surface area contributed by atoms with E-state index in [9.17, 15) is 33.5 Å². The van der Waals surface area contributed by atoms with Gasteiger partial charge < -0.3 is 14.6 Å². The molecule has 2 rings (SSSR count). The van der Waals surface area contributed by atoms with Gasteiger partial charge in [0.2, 0.25) is 0 Å². The largest absolute Gasteiger partial charge is 0.462 e. The maximum Gasteiger partial charge on any atom is 0.313 e. The fraction of sp³-hybridized carbons (Fsp3) is 0.839. The van der Waals surface area contributed by atoms with Crippen LogP contribution in [0.25, 0.3) is 0 Å². The first kappa shape index (κ1) is 42.3. The smallest absolute Gasteiger partial charge is 0.313 e. The lowest BCUT2D eigenvalue weighted by atomic mass is 9.88. The van der Waals surface area contributed by atoms with E-state index >= 15 is 0 Å². The SMILES string of the molecule is C.C.CC1C(=O)CC(=O)C1C.CCC(C)(C)C(=O)OCCOC(=O)CC(C)=O.CCC1CC(C)(O)CC1(F)CC. The third kappa shape index (κ3) is 14.0. The zero-order valence-corrected chi connectivity index (χ0v) is 24.8. The van der Waals surface area contributed by atoms with Crippen molar-refractivity contribution in [3.63, 3.8) is 0 Å². The molecule has 9 heteroatoms. The van der Waals surface area contributed by atoms with E-state index < -0.39 is 22.7 Å². The molecular weight excluding hydrogens is 519 g/mol. The van der Waals surface area contributed by atoms with Crippen LogP contribution in [-0.4, -0.2) is 58.9 Å². The molecule has 236 valence electrons. The summed E-state index contributed by atoms with van der Waals surface area (Å²) in [7, 11) is 0. The molecule has 0 bridgehead atoms. The molecule has 0 spiro atoms. The summed E-state index contributed by atoms with van der Waals surface area (Å²) < 4.78 is 23.7. The zero-order chi connectivity index (χ0) is 29.9. The molecule has 5 unspecified atom stereocenters. The van der Waals surface area contributed by atoms with Gasteiger partial charge in [0, 0.05) is 18.3 Å². The van der Waals surface area contributed by atoms with Gasteiger partial charge in [-0.1, -0.05) is 55.9 Å². The molecule has 5 atom stereocenters. The highest BCUT2D eigenvalue weighted by molar-refractivity contribution is 6.08. The third-order valence-electron chi connectivity index (χ3n) is 7.70. The molecule has 1 N–H and O–H groups in total. The molecule has 2 aliphatic rings. The Balaban J connectivity index is -0.000000523. The normalized spacial score (nSPS) is 27.1. The van der Waals surface area contributed by atoms with Gasteiger partial charge in [-0.3, -0.25) is 24.0 Å². The molecule has 0 saturated heterocycles. The monoisotopic (exact) mass is 576 g/mol. The lowest BCUT2D eigenvalue weighted by molar-refractivity contribution is -0.159. The highest BCUT2D eigenvalue weighted by Gasteiger charge is 2.50. The summed E-state index contributed by atoms with van der Waals surface area (Å²) in [6, 6.07) is 0. The minimum absolute atomic E-state index is 0. The van der Waals surface area contributed by atoms with Crippen LogP contribution in [0.4, 0.5) is 4.39 Å². The lowest BCUT2D eigenvalue weighted by Crippen LogP contribution is -2.28. The number of esters is 2. The second kappa shape index (κ2) is 18.3. The molecule has 0 amide bonds. The number of carbonyl (C=O) groups excluding carboxylic acids is 5. The molecule has 0 heterocycles. The minimum atomic E-state index is -1.11. The Kier molecular flexibility index (Phi) is 19.4. The predicted octanol–water partition coefficient (Wildman–Crippen LogP) is 6.24. The molecule has 0 aromatic heterocycles. The summed E-state index contributed by atoms with van der Waals surface area (Å²) in [5.41, 5.74) is -2.41. The van der Waals surface area contributed by atoms with E-state index in [0.29, 0.717) is 25.7 Å². The van der Waals surface area contributed by atoms with Gasteiger partial charge in [-0.05, 0) is 52.9 Å². The number of ketones is 3. The molecule has 0 aromatic rings. The first-order valence-electron chi connectivity index (χ1n) is 13.6. The number of aliphatic hydroxyl groups is 1. The van der Waals surface area contributed by atoms with Gasteiger partial charge in [0.1, 0.15) is 42.7 Å². The van der Waals surface area contributed by atoms with Crippen molar-refractivity contribution in [2.45, 2.75) is 133 Å². The number of rotatable bonds is 9. The number of hydrogen-bond donors (Lipinski definition) is 1. The van der Waals surface area contributed by atoms with Crippen molar-refractivity contribution in [3.8, 4) is 0 Å². The molecule has 8 nitrogen and oxygen atoms in total. The van der Waals surface area contributed by atoms with Crippen molar-refractivity contribution in [1.29, 1.82) is 0 Å². The maximum atomic E-state index is 14.0. The van der Waals surface area contributed by atoms with Gasteiger partial charge in [-0.25, -0.2) is 4.39 Å². The summed E-state index contributed by atoms with van der Waals surface area (Å²) in [5.74, 6) is -0.961. The maximum absolute atomic E-state index is 14.0. The number of halogens is 1. The van der Waals surface area contributed by atoms with Gasteiger partial charge >= 0.3 is 11.9 Å². The van der Waals surface area contributed by atoms with Crippen LogP contribution in [0.5, 0.6) is 0 Å². The first-order chi connectivity index (χ1) is 17.4. The number of carbonyl (C=O) groups is 5. The van der Waals surface area contributed by atoms with Crippen LogP contribution in [0.3, 0.4) is 0 Å². The van der Waals surface area contributed by atoms with Crippen LogP contribution in [0, 0.1) is 23.2 Å². The standard InChI is InChI=1S/C12H20O5.C10H19FO.C7H10O2.2CH4/c1-5-12(3,4)11(15)17-7-6-16-10(14)8-9(2)13;1-4-8-6-9(3,12)7-10(8,11)5-2;1-4-5(2)7(9)3-6(4)8;;/h5-8H2,1-4H3;8,12H,4-7H2,1-3H3;4-5H,3H2,1-2H3;2*1H4. The van der Waals surface area contributed by atoms with E-state index in [2.05, 4.69) is 0 Å². The van der Waals surface area contributed by atoms with Crippen LogP contribution in [0.1, 0.15) is 122 Å². The van der Waals surface area contributed by atoms with Crippen molar-refractivity contribution in [3.05, 3.63) is 0 Å². The molecular formula is C31H57FO8. The highest BCUT2D eigenvalue weighted by atomic mass is 19.1. The fourth-order valence-corrected chi connectivity index (χ4v) is 4.42. The molecule has 0 aliphatic heterocycles. The van der Waals surface area contributed by atoms with E-state index in [4.69, 9.17) is 9.47 Å². The van der Waals surface area contributed by atoms with Crippen LogP contribution >= 0.6 is 0 Å². The minimum Gasteiger partial charge on any atom is -0.462 e. The highest BCUT2D eigenvalue weighted by Crippen LogP contribution is 2.48. The molecule has 0 aromatic carbocycles. The average Bonchev–Trinajstić information content (AvgIpc) is 3.21. The van der Waals surface area contributed by atoms with Crippen molar-refractivity contribution < 1.29 is 42.9 Å². The summed E-state index contributed by atoms with van der Waals surface area (Å²) in [5, 5.41) is 9.72. The summed E-state index contributed by atoms with van der Waals surface area (Å²) in [6.45, 7) is 16.0. The Hall–Kier alpha value is -2.16. The molecule has 40 heavy (non-hydrogen) atoms. The molecule has 2 saturated carbocycles. The Morgan fingerprint density at radius 1 is 1.00 bits per heavy atom. The predicted molar refractivity (Wildman–Crippen MR) is 155 cm³/mol. The van der Waals surface area contributed by atoms with Crippen LogP contribution < -0.4 is 0 Å². The second-order valence-corrected chi connectivity index (χ2v) is 11.5. The number of hydrogen-bond acceptors (Lipinski definition) is 8. The van der Waals surface area contributed by atoms with Crippen molar-refractivity contribution in [1.82, 2.24) is 0 Å². The average molecular weight is 577 g/mol. The fourth-order valence-electron chi connectivity index (χ4n) is 4.42. The lowest BCUT2D eigenvalue weighted by Gasteiger charge is -2.24. The Morgan fingerprint density at radius 3 is 1.80 bits per heavy atom.